The Hall–Kier alpha value is -0.580. The molecule has 0 N–H and O–H groups in total. The SMILES string of the molecule is CCCCC(C(=O)OC)S(=O)c1cc(Cl)ccc1Cl. The van der Waals surface area contributed by atoms with Gasteiger partial charge in [0.1, 0.15) is 5.25 Å². The average molecular weight is 323 g/mol. The van der Waals surface area contributed by atoms with E-state index in [1.54, 1.807) is 12.1 Å². The number of carbonyl (C=O) groups is 1. The van der Waals surface area contributed by atoms with Gasteiger partial charge in [0.2, 0.25) is 0 Å². The Labute approximate surface area is 125 Å². The lowest BCUT2D eigenvalue weighted by Gasteiger charge is -2.15. The predicted molar refractivity (Wildman–Crippen MR) is 78.2 cm³/mol. The van der Waals surface area contributed by atoms with Crippen molar-refractivity contribution in [1.29, 1.82) is 0 Å². The smallest absolute Gasteiger partial charge is 0.321 e. The largest absolute Gasteiger partial charge is 0.468 e. The Morgan fingerprint density at radius 3 is 2.68 bits per heavy atom. The molecule has 0 saturated heterocycles. The van der Waals surface area contributed by atoms with Gasteiger partial charge in [-0.25, -0.2) is 0 Å². The van der Waals surface area contributed by atoms with E-state index in [0.29, 0.717) is 21.4 Å². The van der Waals surface area contributed by atoms with E-state index in [1.807, 2.05) is 6.92 Å². The number of esters is 1. The maximum absolute atomic E-state index is 12.5. The summed E-state index contributed by atoms with van der Waals surface area (Å²) in [6.45, 7) is 2.00. The van der Waals surface area contributed by atoms with E-state index in [1.165, 1.54) is 13.2 Å². The molecule has 0 fully saturated rings. The van der Waals surface area contributed by atoms with Crippen LogP contribution in [0.3, 0.4) is 0 Å². The molecule has 0 aromatic heterocycles. The molecule has 1 aromatic carbocycles. The zero-order chi connectivity index (χ0) is 14.4. The van der Waals surface area contributed by atoms with Crippen molar-refractivity contribution in [3.63, 3.8) is 0 Å². The lowest BCUT2D eigenvalue weighted by atomic mass is 10.2. The molecular formula is C13H16Cl2O3S. The summed E-state index contributed by atoms with van der Waals surface area (Å²) in [6.07, 6.45) is 2.20. The van der Waals surface area contributed by atoms with Gasteiger partial charge < -0.3 is 4.74 Å². The van der Waals surface area contributed by atoms with Gasteiger partial charge in [-0.05, 0) is 24.6 Å². The summed E-state index contributed by atoms with van der Waals surface area (Å²) in [5, 5.41) is 0.0703. The van der Waals surface area contributed by atoms with Gasteiger partial charge in [0.15, 0.2) is 0 Å². The minimum absolute atomic E-state index is 0.341. The molecule has 0 saturated carbocycles. The molecule has 0 heterocycles. The highest BCUT2D eigenvalue weighted by Crippen LogP contribution is 2.27. The molecule has 2 unspecified atom stereocenters. The van der Waals surface area contributed by atoms with Gasteiger partial charge in [0.05, 0.1) is 27.8 Å². The second kappa shape index (κ2) is 7.88. The standard InChI is InChI=1S/C13H16Cl2O3S/c1-3-4-5-11(13(16)18-2)19(17)12-8-9(14)6-7-10(12)15/h6-8,11H,3-5H2,1-2H3. The zero-order valence-corrected chi connectivity index (χ0v) is 13.1. The Balaban J connectivity index is 3.04. The zero-order valence-electron chi connectivity index (χ0n) is 10.8. The maximum atomic E-state index is 12.5. The number of hydrogen-bond acceptors (Lipinski definition) is 3. The van der Waals surface area contributed by atoms with Gasteiger partial charge in [0.25, 0.3) is 0 Å². The first kappa shape index (κ1) is 16.5. The fraction of sp³-hybridized carbons (Fsp3) is 0.462. The van der Waals surface area contributed by atoms with Crippen LogP contribution in [0.2, 0.25) is 10.0 Å². The van der Waals surface area contributed by atoms with Crippen molar-refractivity contribution in [1.82, 2.24) is 0 Å². The third kappa shape index (κ3) is 4.48. The first-order valence-corrected chi connectivity index (χ1v) is 7.91. The topological polar surface area (TPSA) is 43.4 Å². The molecule has 0 aliphatic heterocycles. The minimum atomic E-state index is -1.57. The summed E-state index contributed by atoms with van der Waals surface area (Å²) in [7, 11) is -0.276. The van der Waals surface area contributed by atoms with Crippen LogP contribution in [-0.4, -0.2) is 22.5 Å². The van der Waals surface area contributed by atoms with Gasteiger partial charge in [-0.1, -0.05) is 43.0 Å². The van der Waals surface area contributed by atoms with Crippen LogP contribution in [0.15, 0.2) is 23.1 Å². The predicted octanol–water partition coefficient (Wildman–Crippen LogP) is 3.83. The first-order valence-electron chi connectivity index (χ1n) is 5.94. The third-order valence-corrected chi connectivity index (χ3v) is 5.05. The lowest BCUT2D eigenvalue weighted by molar-refractivity contribution is -0.140. The average Bonchev–Trinajstić information content (AvgIpc) is 2.41. The number of benzene rings is 1. The third-order valence-electron chi connectivity index (χ3n) is 2.65. The molecule has 0 bridgehead atoms. The van der Waals surface area contributed by atoms with Crippen LogP contribution in [-0.2, 0) is 20.3 Å². The molecule has 0 spiro atoms. The molecule has 1 aromatic rings. The van der Waals surface area contributed by atoms with Gasteiger partial charge in [0, 0.05) is 5.02 Å². The van der Waals surface area contributed by atoms with Crippen molar-refractivity contribution in [3.8, 4) is 0 Å². The van der Waals surface area contributed by atoms with Gasteiger partial charge in [-0.2, -0.15) is 0 Å². The van der Waals surface area contributed by atoms with E-state index in [9.17, 15) is 9.00 Å². The quantitative estimate of drug-likeness (QED) is 0.747. The second-order valence-corrected chi connectivity index (χ2v) is 6.47. The highest BCUT2D eigenvalue weighted by atomic mass is 35.5. The summed E-state index contributed by atoms with van der Waals surface area (Å²) >= 11 is 11.9. The minimum Gasteiger partial charge on any atom is -0.468 e. The number of ether oxygens (including phenoxy) is 1. The molecule has 2 atom stereocenters. The summed E-state index contributed by atoms with van der Waals surface area (Å²) in [5.74, 6) is -0.483. The van der Waals surface area contributed by atoms with Crippen molar-refractivity contribution in [3.05, 3.63) is 28.2 Å². The maximum Gasteiger partial charge on any atom is 0.321 e. The van der Waals surface area contributed by atoms with E-state index in [-0.39, 0.29) is 0 Å². The molecule has 0 radical (unpaired) electrons. The van der Waals surface area contributed by atoms with Crippen LogP contribution in [0.1, 0.15) is 26.2 Å². The number of carbonyl (C=O) groups excluding carboxylic acids is 1. The van der Waals surface area contributed by atoms with E-state index >= 15 is 0 Å². The van der Waals surface area contributed by atoms with Crippen LogP contribution < -0.4 is 0 Å². The summed E-state index contributed by atoms with van der Waals surface area (Å²) < 4.78 is 17.2. The molecular weight excluding hydrogens is 307 g/mol. The Morgan fingerprint density at radius 2 is 2.11 bits per heavy atom. The fourth-order valence-corrected chi connectivity index (χ4v) is 3.66. The monoisotopic (exact) mass is 322 g/mol. The van der Waals surface area contributed by atoms with E-state index in [4.69, 9.17) is 27.9 Å². The summed E-state index contributed by atoms with van der Waals surface area (Å²) in [5.41, 5.74) is 0. The molecule has 19 heavy (non-hydrogen) atoms. The molecule has 3 nitrogen and oxygen atoms in total. The normalized spacial score (nSPS) is 13.9. The number of unbranched alkanes of at least 4 members (excludes halogenated alkanes) is 1. The Morgan fingerprint density at radius 1 is 1.42 bits per heavy atom. The van der Waals surface area contributed by atoms with E-state index in [0.717, 1.165) is 12.8 Å². The van der Waals surface area contributed by atoms with Crippen molar-refractivity contribution in [2.24, 2.45) is 0 Å². The first-order chi connectivity index (χ1) is 9.01. The highest BCUT2D eigenvalue weighted by molar-refractivity contribution is 7.86. The van der Waals surface area contributed by atoms with Crippen molar-refractivity contribution < 1.29 is 13.7 Å². The number of rotatable bonds is 6. The van der Waals surface area contributed by atoms with Crippen LogP contribution in [0.25, 0.3) is 0 Å². The van der Waals surface area contributed by atoms with Crippen LogP contribution in [0.4, 0.5) is 0 Å². The van der Waals surface area contributed by atoms with Crippen LogP contribution >= 0.6 is 23.2 Å². The molecule has 0 aliphatic carbocycles. The Bertz CT molecular complexity index is 477. The lowest BCUT2D eigenvalue weighted by Crippen LogP contribution is -2.27. The molecule has 0 aliphatic rings. The van der Waals surface area contributed by atoms with E-state index in [2.05, 4.69) is 0 Å². The molecule has 0 amide bonds. The summed E-state index contributed by atoms with van der Waals surface area (Å²) in [4.78, 5) is 12.1. The Kier molecular flexibility index (Phi) is 6.83. The van der Waals surface area contributed by atoms with Gasteiger partial charge in [-0.3, -0.25) is 9.00 Å². The summed E-state index contributed by atoms with van der Waals surface area (Å²) in [6, 6.07) is 4.72. The van der Waals surface area contributed by atoms with Crippen LogP contribution in [0.5, 0.6) is 0 Å². The van der Waals surface area contributed by atoms with Crippen molar-refractivity contribution in [2.45, 2.75) is 36.3 Å². The van der Waals surface area contributed by atoms with Gasteiger partial charge >= 0.3 is 5.97 Å². The number of hydrogen-bond donors (Lipinski definition) is 0. The number of methoxy groups -OCH3 is 1. The molecule has 6 heteroatoms. The number of halogens is 2. The van der Waals surface area contributed by atoms with Gasteiger partial charge in [-0.15, -0.1) is 0 Å². The molecule has 106 valence electrons. The second-order valence-electron chi connectivity index (χ2n) is 4.03. The van der Waals surface area contributed by atoms with Crippen molar-refractivity contribution in [2.75, 3.05) is 7.11 Å². The highest BCUT2D eigenvalue weighted by Gasteiger charge is 2.28. The van der Waals surface area contributed by atoms with Crippen LogP contribution in [0, 0.1) is 0 Å². The fourth-order valence-electron chi connectivity index (χ4n) is 1.62. The molecule has 1 rings (SSSR count). The van der Waals surface area contributed by atoms with E-state index < -0.39 is 22.0 Å². The van der Waals surface area contributed by atoms with Crippen molar-refractivity contribution >= 4 is 40.0 Å².